The molecule has 5 heteroatoms. The fraction of sp³-hybridized carbons (Fsp3) is 0.263. The minimum Gasteiger partial charge on any atom is -0.496 e. The molecule has 2 aromatic carbocycles. The SMILES string of the molecule is COc1ccccc1C(=O)OC(C)C(=O)Nc1cccc(C)c1C. The van der Waals surface area contributed by atoms with E-state index in [1.165, 1.54) is 14.0 Å². The maximum atomic E-state index is 12.3. The van der Waals surface area contributed by atoms with Gasteiger partial charge in [-0.15, -0.1) is 0 Å². The number of para-hydroxylation sites is 1. The van der Waals surface area contributed by atoms with Crippen LogP contribution >= 0.6 is 0 Å². The largest absolute Gasteiger partial charge is 0.496 e. The highest BCUT2D eigenvalue weighted by atomic mass is 16.5. The van der Waals surface area contributed by atoms with E-state index in [-0.39, 0.29) is 11.5 Å². The van der Waals surface area contributed by atoms with E-state index in [9.17, 15) is 9.59 Å². The van der Waals surface area contributed by atoms with Crippen molar-refractivity contribution in [2.45, 2.75) is 26.9 Å². The molecule has 126 valence electrons. The van der Waals surface area contributed by atoms with E-state index >= 15 is 0 Å². The molecule has 0 aliphatic heterocycles. The number of anilines is 1. The first kappa shape index (κ1) is 17.5. The topological polar surface area (TPSA) is 64.6 Å². The fourth-order valence-corrected chi connectivity index (χ4v) is 2.21. The molecule has 1 amide bonds. The van der Waals surface area contributed by atoms with Crippen molar-refractivity contribution in [3.05, 3.63) is 59.2 Å². The van der Waals surface area contributed by atoms with Gasteiger partial charge in [0.1, 0.15) is 11.3 Å². The smallest absolute Gasteiger partial charge is 0.342 e. The molecule has 2 aromatic rings. The van der Waals surface area contributed by atoms with Crippen LogP contribution in [0.3, 0.4) is 0 Å². The molecule has 0 spiro atoms. The van der Waals surface area contributed by atoms with E-state index in [1.807, 2.05) is 32.0 Å². The molecule has 1 unspecified atom stereocenters. The summed E-state index contributed by atoms with van der Waals surface area (Å²) in [5.41, 5.74) is 3.05. The summed E-state index contributed by atoms with van der Waals surface area (Å²) in [7, 11) is 1.47. The Morgan fingerprint density at radius 3 is 2.46 bits per heavy atom. The van der Waals surface area contributed by atoms with Gasteiger partial charge in [-0.25, -0.2) is 4.79 Å². The highest BCUT2D eigenvalue weighted by Gasteiger charge is 2.21. The molecule has 0 saturated heterocycles. The van der Waals surface area contributed by atoms with Gasteiger partial charge >= 0.3 is 5.97 Å². The van der Waals surface area contributed by atoms with Crippen LogP contribution in [0, 0.1) is 13.8 Å². The lowest BCUT2D eigenvalue weighted by atomic mass is 10.1. The zero-order chi connectivity index (χ0) is 17.7. The Kier molecular flexibility index (Phi) is 5.58. The predicted octanol–water partition coefficient (Wildman–Crippen LogP) is 3.50. The van der Waals surface area contributed by atoms with Gasteiger partial charge in [0, 0.05) is 5.69 Å². The molecule has 0 saturated carbocycles. The highest BCUT2D eigenvalue weighted by Crippen LogP contribution is 2.20. The van der Waals surface area contributed by atoms with Gasteiger partial charge in [-0.1, -0.05) is 24.3 Å². The number of nitrogens with one attached hydrogen (secondary N) is 1. The zero-order valence-electron chi connectivity index (χ0n) is 14.3. The molecule has 2 rings (SSSR count). The molecule has 24 heavy (non-hydrogen) atoms. The van der Waals surface area contributed by atoms with E-state index in [4.69, 9.17) is 9.47 Å². The number of hydrogen-bond donors (Lipinski definition) is 1. The number of benzene rings is 2. The lowest BCUT2D eigenvalue weighted by molar-refractivity contribution is -0.123. The fourth-order valence-electron chi connectivity index (χ4n) is 2.21. The summed E-state index contributed by atoms with van der Waals surface area (Å²) in [4.78, 5) is 24.5. The van der Waals surface area contributed by atoms with Crippen LogP contribution in [-0.4, -0.2) is 25.1 Å². The van der Waals surface area contributed by atoms with Crippen LogP contribution < -0.4 is 10.1 Å². The minimum atomic E-state index is -0.928. The summed E-state index contributed by atoms with van der Waals surface area (Å²) in [5, 5.41) is 2.79. The molecule has 1 N–H and O–H groups in total. The van der Waals surface area contributed by atoms with Gasteiger partial charge in [0.25, 0.3) is 5.91 Å². The number of methoxy groups -OCH3 is 1. The Hall–Kier alpha value is -2.82. The van der Waals surface area contributed by atoms with Gasteiger partial charge in [-0.05, 0) is 50.1 Å². The van der Waals surface area contributed by atoms with Crippen molar-refractivity contribution in [2.24, 2.45) is 0 Å². The number of amides is 1. The summed E-state index contributed by atoms with van der Waals surface area (Å²) in [6, 6.07) is 12.4. The van der Waals surface area contributed by atoms with Crippen LogP contribution in [0.2, 0.25) is 0 Å². The summed E-state index contributed by atoms with van der Waals surface area (Å²) >= 11 is 0. The molecular formula is C19H21NO4. The average molecular weight is 327 g/mol. The first-order chi connectivity index (χ1) is 11.4. The van der Waals surface area contributed by atoms with Crippen molar-refractivity contribution in [2.75, 3.05) is 12.4 Å². The molecular weight excluding hydrogens is 306 g/mol. The van der Waals surface area contributed by atoms with Crippen LogP contribution in [-0.2, 0) is 9.53 Å². The number of carbonyl (C=O) groups is 2. The zero-order valence-corrected chi connectivity index (χ0v) is 14.3. The molecule has 0 aromatic heterocycles. The van der Waals surface area contributed by atoms with E-state index in [1.54, 1.807) is 24.3 Å². The molecule has 0 fully saturated rings. The third kappa shape index (κ3) is 3.93. The Morgan fingerprint density at radius 2 is 1.75 bits per heavy atom. The number of carbonyl (C=O) groups excluding carboxylic acids is 2. The van der Waals surface area contributed by atoms with Crippen LogP contribution in [0.4, 0.5) is 5.69 Å². The van der Waals surface area contributed by atoms with E-state index in [0.717, 1.165) is 11.1 Å². The van der Waals surface area contributed by atoms with Gasteiger partial charge in [0.05, 0.1) is 7.11 Å². The van der Waals surface area contributed by atoms with Crippen molar-refractivity contribution >= 4 is 17.6 Å². The predicted molar refractivity (Wildman–Crippen MR) is 92.4 cm³/mol. The second-order valence-corrected chi connectivity index (χ2v) is 5.48. The van der Waals surface area contributed by atoms with Crippen LogP contribution in [0.1, 0.15) is 28.4 Å². The minimum absolute atomic E-state index is 0.284. The van der Waals surface area contributed by atoms with Gasteiger partial charge < -0.3 is 14.8 Å². The van der Waals surface area contributed by atoms with E-state index in [2.05, 4.69) is 5.32 Å². The van der Waals surface area contributed by atoms with E-state index in [0.29, 0.717) is 11.4 Å². The van der Waals surface area contributed by atoms with Gasteiger partial charge in [-0.2, -0.15) is 0 Å². The van der Waals surface area contributed by atoms with Gasteiger partial charge in [0.15, 0.2) is 6.10 Å². The summed E-state index contributed by atoms with van der Waals surface area (Å²) in [6.07, 6.45) is -0.928. The molecule has 0 radical (unpaired) electrons. The Bertz CT molecular complexity index is 755. The molecule has 0 bridgehead atoms. The summed E-state index contributed by atoms with van der Waals surface area (Å²) in [5.74, 6) is -0.576. The summed E-state index contributed by atoms with van der Waals surface area (Å²) in [6.45, 7) is 5.43. The maximum Gasteiger partial charge on any atom is 0.342 e. The van der Waals surface area contributed by atoms with Gasteiger partial charge in [-0.3, -0.25) is 4.79 Å². The van der Waals surface area contributed by atoms with Crippen molar-refractivity contribution in [3.8, 4) is 5.75 Å². The molecule has 1 atom stereocenters. The quantitative estimate of drug-likeness (QED) is 0.854. The van der Waals surface area contributed by atoms with Crippen LogP contribution in [0.5, 0.6) is 5.75 Å². The lowest BCUT2D eigenvalue weighted by Crippen LogP contribution is -2.30. The third-order valence-corrected chi connectivity index (χ3v) is 3.84. The molecule has 0 aliphatic rings. The number of ether oxygens (including phenoxy) is 2. The number of aryl methyl sites for hydroxylation is 1. The monoisotopic (exact) mass is 327 g/mol. The molecule has 0 aliphatic carbocycles. The highest BCUT2D eigenvalue weighted by molar-refractivity contribution is 5.98. The van der Waals surface area contributed by atoms with Gasteiger partial charge in [0.2, 0.25) is 0 Å². The Labute approximate surface area is 141 Å². The van der Waals surface area contributed by atoms with Crippen molar-refractivity contribution in [1.29, 1.82) is 0 Å². The third-order valence-electron chi connectivity index (χ3n) is 3.84. The van der Waals surface area contributed by atoms with Crippen molar-refractivity contribution < 1.29 is 19.1 Å². The maximum absolute atomic E-state index is 12.3. The van der Waals surface area contributed by atoms with Crippen LogP contribution in [0.15, 0.2) is 42.5 Å². The Morgan fingerprint density at radius 1 is 1.04 bits per heavy atom. The first-order valence-corrected chi connectivity index (χ1v) is 7.65. The Balaban J connectivity index is 2.06. The summed E-state index contributed by atoms with van der Waals surface area (Å²) < 4.78 is 10.4. The second kappa shape index (κ2) is 7.64. The molecule has 0 heterocycles. The molecule has 5 nitrogen and oxygen atoms in total. The average Bonchev–Trinajstić information content (AvgIpc) is 2.58. The number of esters is 1. The number of rotatable bonds is 5. The van der Waals surface area contributed by atoms with Crippen LogP contribution in [0.25, 0.3) is 0 Å². The normalized spacial score (nSPS) is 11.5. The van der Waals surface area contributed by atoms with Crippen molar-refractivity contribution in [3.63, 3.8) is 0 Å². The standard InChI is InChI=1S/C19H21NO4/c1-12-8-7-10-16(13(12)2)20-18(21)14(3)24-19(22)15-9-5-6-11-17(15)23-4/h5-11,14H,1-4H3,(H,20,21). The second-order valence-electron chi connectivity index (χ2n) is 5.48. The number of hydrogen-bond acceptors (Lipinski definition) is 4. The first-order valence-electron chi connectivity index (χ1n) is 7.65. The van der Waals surface area contributed by atoms with E-state index < -0.39 is 12.1 Å². The lowest BCUT2D eigenvalue weighted by Gasteiger charge is -2.16. The van der Waals surface area contributed by atoms with Crippen molar-refractivity contribution in [1.82, 2.24) is 0 Å².